The van der Waals surface area contributed by atoms with Crippen molar-refractivity contribution in [2.24, 2.45) is 0 Å². The molecule has 1 atom stereocenters. The molecule has 1 saturated heterocycles. The van der Waals surface area contributed by atoms with Gasteiger partial charge in [-0.1, -0.05) is 31.0 Å². The zero-order valence-corrected chi connectivity index (χ0v) is 13.9. The molecule has 1 fully saturated rings. The van der Waals surface area contributed by atoms with Crippen LogP contribution in [0, 0.1) is 0 Å². The molecule has 0 radical (unpaired) electrons. The SMILES string of the molecule is CCCCN1C(=O)N[C@](NC(=O)c2cccc(Cl)c2)(C(F)(F)F)C1=O. The van der Waals surface area contributed by atoms with E-state index in [2.05, 4.69) is 0 Å². The van der Waals surface area contributed by atoms with E-state index < -0.39 is 29.7 Å². The summed E-state index contributed by atoms with van der Waals surface area (Å²) in [5.74, 6) is -2.75. The highest BCUT2D eigenvalue weighted by molar-refractivity contribution is 6.31. The summed E-state index contributed by atoms with van der Waals surface area (Å²) in [5.41, 5.74) is -3.68. The summed E-state index contributed by atoms with van der Waals surface area (Å²) in [6, 6.07) is 3.99. The van der Waals surface area contributed by atoms with Gasteiger partial charge in [-0.3, -0.25) is 19.8 Å². The van der Waals surface area contributed by atoms with Gasteiger partial charge in [0.1, 0.15) is 0 Å². The van der Waals surface area contributed by atoms with Crippen LogP contribution in [0.15, 0.2) is 24.3 Å². The number of benzene rings is 1. The zero-order chi connectivity index (χ0) is 18.8. The maximum atomic E-state index is 13.6. The maximum Gasteiger partial charge on any atom is 0.440 e. The third kappa shape index (κ3) is 3.55. The summed E-state index contributed by atoms with van der Waals surface area (Å²) in [4.78, 5) is 36.8. The van der Waals surface area contributed by atoms with E-state index in [1.165, 1.54) is 18.2 Å². The third-order valence-electron chi connectivity index (χ3n) is 3.65. The van der Waals surface area contributed by atoms with Crippen molar-refractivity contribution in [3.05, 3.63) is 34.9 Å². The Balaban J connectivity index is 2.35. The molecule has 1 aromatic rings. The van der Waals surface area contributed by atoms with Crippen molar-refractivity contribution >= 4 is 29.4 Å². The first kappa shape index (κ1) is 19.0. The Morgan fingerprint density at radius 2 is 2.04 bits per heavy atom. The lowest BCUT2D eigenvalue weighted by Gasteiger charge is -2.29. The van der Waals surface area contributed by atoms with Gasteiger partial charge >= 0.3 is 12.2 Å². The molecule has 4 amide bonds. The highest BCUT2D eigenvalue weighted by Gasteiger charge is 2.68. The van der Waals surface area contributed by atoms with Gasteiger partial charge in [-0.15, -0.1) is 0 Å². The second-order valence-electron chi connectivity index (χ2n) is 5.45. The molecule has 0 saturated carbocycles. The molecule has 136 valence electrons. The molecule has 1 heterocycles. The number of hydrogen-bond acceptors (Lipinski definition) is 3. The molecule has 2 rings (SSSR count). The Bertz CT molecular complexity index is 711. The Hall–Kier alpha value is -2.29. The molecule has 1 aliphatic heterocycles. The average Bonchev–Trinajstić information content (AvgIpc) is 2.76. The molecule has 2 N–H and O–H groups in total. The second kappa shape index (κ2) is 6.91. The van der Waals surface area contributed by atoms with Crippen molar-refractivity contribution in [2.75, 3.05) is 6.54 Å². The molecule has 0 aliphatic carbocycles. The molecular formula is C15H15ClF3N3O3. The Morgan fingerprint density at radius 1 is 1.36 bits per heavy atom. The van der Waals surface area contributed by atoms with Crippen molar-refractivity contribution in [1.82, 2.24) is 15.5 Å². The number of carbonyl (C=O) groups excluding carboxylic acids is 3. The standard InChI is InChI=1S/C15H15ClF3N3O3/c1-2-3-7-22-12(24)14(15(17,18)19,21-13(22)25)20-11(23)9-5-4-6-10(16)8-9/h4-6,8H,2-3,7H2,1H3,(H,20,23)(H,21,25)/t14-/m0/s1. The number of rotatable bonds is 5. The monoisotopic (exact) mass is 377 g/mol. The van der Waals surface area contributed by atoms with Crippen LogP contribution in [0.4, 0.5) is 18.0 Å². The van der Waals surface area contributed by atoms with Crippen LogP contribution >= 0.6 is 11.6 Å². The summed E-state index contributed by atoms with van der Waals surface area (Å²) in [6.45, 7) is 1.59. The molecule has 0 unspecified atom stereocenters. The molecule has 0 aromatic heterocycles. The number of hydrogen-bond donors (Lipinski definition) is 2. The number of nitrogens with zero attached hydrogens (tertiary/aromatic N) is 1. The van der Waals surface area contributed by atoms with E-state index in [4.69, 9.17) is 11.6 Å². The number of unbranched alkanes of at least 4 members (excludes halogenated alkanes) is 1. The smallest absolute Gasteiger partial charge is 0.314 e. The van der Waals surface area contributed by atoms with Crippen molar-refractivity contribution in [3.63, 3.8) is 0 Å². The number of halogens is 4. The molecule has 0 spiro atoms. The molecular weight excluding hydrogens is 363 g/mol. The fourth-order valence-corrected chi connectivity index (χ4v) is 2.51. The van der Waals surface area contributed by atoms with E-state index in [1.54, 1.807) is 17.6 Å². The van der Waals surface area contributed by atoms with Crippen LogP contribution in [0.25, 0.3) is 0 Å². The number of carbonyl (C=O) groups is 3. The minimum Gasteiger partial charge on any atom is -0.314 e. The van der Waals surface area contributed by atoms with Crippen LogP contribution < -0.4 is 10.6 Å². The van der Waals surface area contributed by atoms with Gasteiger partial charge in [0.15, 0.2) is 0 Å². The van der Waals surface area contributed by atoms with Crippen LogP contribution in [0.2, 0.25) is 5.02 Å². The van der Waals surface area contributed by atoms with Crippen molar-refractivity contribution < 1.29 is 27.6 Å². The van der Waals surface area contributed by atoms with Gasteiger partial charge in [-0.05, 0) is 24.6 Å². The molecule has 10 heteroatoms. The van der Waals surface area contributed by atoms with Gasteiger partial charge in [0.2, 0.25) is 0 Å². The number of amides is 4. The number of imide groups is 1. The summed E-state index contributed by atoms with van der Waals surface area (Å²) >= 11 is 5.72. The van der Waals surface area contributed by atoms with E-state index in [0.29, 0.717) is 17.7 Å². The van der Waals surface area contributed by atoms with Gasteiger partial charge in [0.25, 0.3) is 17.5 Å². The lowest BCUT2D eigenvalue weighted by atomic mass is 10.1. The lowest BCUT2D eigenvalue weighted by molar-refractivity contribution is -0.200. The number of alkyl halides is 3. The van der Waals surface area contributed by atoms with Gasteiger partial charge in [-0.2, -0.15) is 13.2 Å². The third-order valence-corrected chi connectivity index (χ3v) is 3.89. The summed E-state index contributed by atoms with van der Waals surface area (Å²) < 4.78 is 40.8. The van der Waals surface area contributed by atoms with Crippen LogP contribution in [-0.2, 0) is 4.79 Å². The molecule has 6 nitrogen and oxygen atoms in total. The van der Waals surface area contributed by atoms with Crippen molar-refractivity contribution in [3.8, 4) is 0 Å². The number of urea groups is 1. The average molecular weight is 378 g/mol. The van der Waals surface area contributed by atoms with Gasteiger partial charge in [0, 0.05) is 17.1 Å². The molecule has 25 heavy (non-hydrogen) atoms. The van der Waals surface area contributed by atoms with Crippen LogP contribution in [-0.4, -0.2) is 41.1 Å². The van der Waals surface area contributed by atoms with Crippen LogP contribution in [0.5, 0.6) is 0 Å². The minimum atomic E-state index is -5.23. The summed E-state index contributed by atoms with van der Waals surface area (Å²) in [7, 11) is 0. The van der Waals surface area contributed by atoms with Crippen LogP contribution in [0.3, 0.4) is 0 Å². The maximum absolute atomic E-state index is 13.6. The second-order valence-corrected chi connectivity index (χ2v) is 5.89. The Labute approximate surface area is 146 Å². The predicted octanol–water partition coefficient (Wildman–Crippen LogP) is 2.68. The van der Waals surface area contributed by atoms with E-state index >= 15 is 0 Å². The first-order chi connectivity index (χ1) is 11.6. The predicted molar refractivity (Wildman–Crippen MR) is 82.9 cm³/mol. The van der Waals surface area contributed by atoms with Gasteiger partial charge < -0.3 is 5.32 Å². The fourth-order valence-electron chi connectivity index (χ4n) is 2.32. The zero-order valence-electron chi connectivity index (χ0n) is 13.1. The summed E-state index contributed by atoms with van der Waals surface area (Å²) in [5, 5.41) is 3.33. The first-order valence-electron chi connectivity index (χ1n) is 7.41. The molecule has 1 aliphatic rings. The Morgan fingerprint density at radius 3 is 2.60 bits per heavy atom. The largest absolute Gasteiger partial charge is 0.440 e. The van der Waals surface area contributed by atoms with E-state index in [-0.39, 0.29) is 17.1 Å². The topological polar surface area (TPSA) is 78.5 Å². The number of nitrogens with one attached hydrogen (secondary N) is 2. The molecule has 1 aromatic carbocycles. The Kier molecular flexibility index (Phi) is 5.26. The van der Waals surface area contributed by atoms with Gasteiger partial charge in [-0.25, -0.2) is 4.79 Å². The highest BCUT2D eigenvalue weighted by atomic mass is 35.5. The normalized spacial score (nSPS) is 20.6. The lowest BCUT2D eigenvalue weighted by Crippen LogP contribution is -2.69. The minimum absolute atomic E-state index is 0.139. The summed E-state index contributed by atoms with van der Waals surface area (Å²) in [6.07, 6.45) is -4.31. The highest BCUT2D eigenvalue weighted by Crippen LogP contribution is 2.34. The van der Waals surface area contributed by atoms with Crippen molar-refractivity contribution in [2.45, 2.75) is 31.6 Å². The quantitative estimate of drug-likeness (QED) is 0.774. The van der Waals surface area contributed by atoms with Crippen LogP contribution in [0.1, 0.15) is 30.1 Å². The van der Waals surface area contributed by atoms with Gasteiger partial charge in [0.05, 0.1) is 0 Å². The molecule has 0 bridgehead atoms. The van der Waals surface area contributed by atoms with E-state index in [9.17, 15) is 27.6 Å². The first-order valence-corrected chi connectivity index (χ1v) is 7.79. The van der Waals surface area contributed by atoms with E-state index in [0.717, 1.165) is 6.07 Å². The fraction of sp³-hybridized carbons (Fsp3) is 0.400. The van der Waals surface area contributed by atoms with E-state index in [1.807, 2.05) is 0 Å². The van der Waals surface area contributed by atoms with Crippen molar-refractivity contribution in [1.29, 1.82) is 0 Å².